The number of likely N-dealkylation sites (N-methyl/N-ethyl adjacent to an activating group) is 1. The molecular formula is C27H38F3N5O4. The molecule has 0 bridgehead atoms. The number of ether oxygens (including phenoxy) is 1. The molecule has 0 aromatic heterocycles. The molecule has 1 aromatic rings. The molecule has 2 N–H and O–H groups in total. The lowest BCUT2D eigenvalue weighted by Crippen LogP contribution is -2.59. The summed E-state index contributed by atoms with van der Waals surface area (Å²) in [6.07, 6.45) is -4.51. The average molecular weight is 554 g/mol. The highest BCUT2D eigenvalue weighted by atomic mass is 19.4. The number of benzene rings is 1. The van der Waals surface area contributed by atoms with Gasteiger partial charge in [-0.15, -0.1) is 0 Å². The number of piperazine rings is 1. The van der Waals surface area contributed by atoms with Gasteiger partial charge in [0.15, 0.2) is 0 Å². The van der Waals surface area contributed by atoms with Crippen LogP contribution < -0.4 is 10.6 Å². The van der Waals surface area contributed by atoms with E-state index in [2.05, 4.69) is 15.5 Å². The van der Waals surface area contributed by atoms with Gasteiger partial charge in [0.05, 0.1) is 23.8 Å². The fourth-order valence-electron chi connectivity index (χ4n) is 4.85. The molecule has 39 heavy (non-hydrogen) atoms. The summed E-state index contributed by atoms with van der Waals surface area (Å²) in [6, 6.07) is 2.66. The van der Waals surface area contributed by atoms with Gasteiger partial charge in [0, 0.05) is 50.0 Å². The Bertz CT molecular complexity index is 1100. The van der Waals surface area contributed by atoms with Crippen LogP contribution in [0.5, 0.6) is 0 Å². The summed E-state index contributed by atoms with van der Waals surface area (Å²) in [4.78, 5) is 44.4. The van der Waals surface area contributed by atoms with Crippen molar-refractivity contribution in [2.24, 2.45) is 0 Å². The van der Waals surface area contributed by atoms with Gasteiger partial charge in [-0.1, -0.05) is 12.1 Å². The van der Waals surface area contributed by atoms with Gasteiger partial charge in [-0.25, -0.2) is 14.4 Å². The highest BCUT2D eigenvalue weighted by molar-refractivity contribution is 5.95. The summed E-state index contributed by atoms with van der Waals surface area (Å²) in [5, 5.41) is 5.75. The monoisotopic (exact) mass is 553 g/mol. The Labute approximate surface area is 227 Å². The van der Waals surface area contributed by atoms with Crippen molar-refractivity contribution in [2.45, 2.75) is 65.3 Å². The quantitative estimate of drug-likeness (QED) is 0.517. The molecule has 1 aromatic carbocycles. The van der Waals surface area contributed by atoms with Gasteiger partial charge in [-0.3, -0.25) is 9.80 Å². The number of nitrogens with zero attached hydrogens (tertiary/aromatic N) is 3. The van der Waals surface area contributed by atoms with E-state index in [-0.39, 0.29) is 42.9 Å². The van der Waals surface area contributed by atoms with E-state index in [9.17, 15) is 27.6 Å². The molecule has 2 aliphatic rings. The number of hydrogen-bond acceptors (Lipinski definition) is 5. The van der Waals surface area contributed by atoms with Gasteiger partial charge in [0.2, 0.25) is 0 Å². The second-order valence-corrected chi connectivity index (χ2v) is 10.8. The summed E-state index contributed by atoms with van der Waals surface area (Å²) in [6.45, 7) is 13.2. The minimum Gasteiger partial charge on any atom is -0.463 e. The Kier molecular flexibility index (Phi) is 9.20. The molecule has 2 unspecified atom stereocenters. The number of alkyl halides is 3. The largest absolute Gasteiger partial charge is 0.463 e. The van der Waals surface area contributed by atoms with Crippen molar-refractivity contribution in [1.82, 2.24) is 25.3 Å². The number of hydrogen-bond donors (Lipinski definition) is 2. The maximum Gasteiger partial charge on any atom is 0.416 e. The average Bonchev–Trinajstić information content (AvgIpc) is 2.82. The Morgan fingerprint density at radius 1 is 1.10 bits per heavy atom. The topological polar surface area (TPSA) is 94.2 Å². The molecule has 12 heteroatoms. The fourth-order valence-corrected chi connectivity index (χ4v) is 4.85. The minimum absolute atomic E-state index is 0.0913. The van der Waals surface area contributed by atoms with E-state index in [1.54, 1.807) is 18.7 Å². The van der Waals surface area contributed by atoms with Crippen molar-refractivity contribution >= 4 is 18.0 Å². The minimum atomic E-state index is -4.51. The van der Waals surface area contributed by atoms with E-state index < -0.39 is 29.8 Å². The van der Waals surface area contributed by atoms with Crippen LogP contribution in [0.2, 0.25) is 0 Å². The standard InChI is InChI=1S/C27H38F3N5O4/c1-7-34-20(16-33-13-14-35(17(3)15-33)25(38)32-26(4,5)6)21(23(36)39-8-2)22(31-24(34)37)18-9-11-19(12-10-18)27(28,29)30/h9-12,17,22H,7-8,13-16H2,1-6H3,(H,31,37)(H,32,38). The molecular weight excluding hydrogens is 515 g/mol. The summed E-state index contributed by atoms with van der Waals surface area (Å²) in [7, 11) is 0. The molecule has 2 aliphatic heterocycles. The molecule has 216 valence electrons. The molecule has 3 rings (SSSR count). The molecule has 0 aliphatic carbocycles. The lowest BCUT2D eigenvalue weighted by molar-refractivity contribution is -0.139. The van der Waals surface area contributed by atoms with E-state index in [4.69, 9.17) is 4.74 Å². The van der Waals surface area contributed by atoms with Crippen LogP contribution in [0.3, 0.4) is 0 Å². The summed E-state index contributed by atoms with van der Waals surface area (Å²) in [5.74, 6) is -0.646. The van der Waals surface area contributed by atoms with Gasteiger partial charge in [0.25, 0.3) is 0 Å². The maximum absolute atomic E-state index is 13.2. The van der Waals surface area contributed by atoms with Gasteiger partial charge in [-0.05, 0) is 59.2 Å². The first-order chi connectivity index (χ1) is 18.2. The van der Waals surface area contributed by atoms with Gasteiger partial charge >= 0.3 is 24.2 Å². The predicted octanol–water partition coefficient (Wildman–Crippen LogP) is 4.12. The van der Waals surface area contributed by atoms with Crippen molar-refractivity contribution in [3.63, 3.8) is 0 Å². The Morgan fingerprint density at radius 2 is 1.74 bits per heavy atom. The van der Waals surface area contributed by atoms with Gasteiger partial charge in [-0.2, -0.15) is 13.2 Å². The molecule has 2 heterocycles. The van der Waals surface area contributed by atoms with E-state index in [0.29, 0.717) is 30.9 Å². The van der Waals surface area contributed by atoms with Crippen molar-refractivity contribution in [3.8, 4) is 0 Å². The van der Waals surface area contributed by atoms with Crippen LogP contribution in [0.15, 0.2) is 35.5 Å². The second-order valence-electron chi connectivity index (χ2n) is 10.8. The number of carbonyl (C=O) groups excluding carboxylic acids is 3. The van der Waals surface area contributed by atoms with Crippen molar-refractivity contribution in [2.75, 3.05) is 39.3 Å². The van der Waals surface area contributed by atoms with Gasteiger partial charge < -0.3 is 20.3 Å². The number of rotatable bonds is 6. The highest BCUT2D eigenvalue weighted by Gasteiger charge is 2.40. The number of esters is 1. The zero-order valence-electron chi connectivity index (χ0n) is 23.3. The Morgan fingerprint density at radius 3 is 2.26 bits per heavy atom. The van der Waals surface area contributed by atoms with Crippen LogP contribution in [0.25, 0.3) is 0 Å². The first-order valence-corrected chi connectivity index (χ1v) is 13.1. The molecule has 4 amide bonds. The third-order valence-electron chi connectivity index (χ3n) is 6.65. The fraction of sp³-hybridized carbons (Fsp3) is 0.593. The summed E-state index contributed by atoms with van der Waals surface area (Å²) < 4.78 is 44.8. The molecule has 2 atom stereocenters. The van der Waals surface area contributed by atoms with Crippen LogP contribution in [-0.4, -0.2) is 83.6 Å². The van der Waals surface area contributed by atoms with Crippen LogP contribution in [0.4, 0.5) is 22.8 Å². The number of urea groups is 2. The molecule has 1 fully saturated rings. The zero-order valence-corrected chi connectivity index (χ0v) is 23.3. The highest BCUT2D eigenvalue weighted by Crippen LogP contribution is 2.35. The van der Waals surface area contributed by atoms with Gasteiger partial charge in [0.1, 0.15) is 0 Å². The zero-order chi connectivity index (χ0) is 29.1. The van der Waals surface area contributed by atoms with Crippen molar-refractivity contribution in [3.05, 3.63) is 46.7 Å². The second kappa shape index (κ2) is 11.8. The predicted molar refractivity (Wildman–Crippen MR) is 140 cm³/mol. The third-order valence-corrected chi connectivity index (χ3v) is 6.65. The van der Waals surface area contributed by atoms with Crippen LogP contribution in [0, 0.1) is 0 Å². The van der Waals surface area contributed by atoms with E-state index >= 15 is 0 Å². The van der Waals surface area contributed by atoms with Crippen molar-refractivity contribution in [1.29, 1.82) is 0 Å². The van der Waals surface area contributed by atoms with Crippen LogP contribution in [0.1, 0.15) is 58.7 Å². The Balaban J connectivity index is 1.95. The summed E-state index contributed by atoms with van der Waals surface area (Å²) in [5.41, 5.74) is -0.252. The smallest absolute Gasteiger partial charge is 0.416 e. The molecule has 0 saturated carbocycles. The molecule has 0 radical (unpaired) electrons. The van der Waals surface area contributed by atoms with E-state index in [1.807, 2.05) is 27.7 Å². The van der Waals surface area contributed by atoms with E-state index in [1.165, 1.54) is 17.0 Å². The lowest BCUT2D eigenvalue weighted by atomic mass is 9.93. The molecule has 9 nitrogen and oxygen atoms in total. The molecule has 0 spiro atoms. The first kappa shape index (κ1) is 30.3. The normalized spacial score (nSPS) is 21.1. The maximum atomic E-state index is 13.2. The SMILES string of the molecule is CCOC(=O)C1=C(CN2CCN(C(=O)NC(C)(C)C)C(C)C2)N(CC)C(=O)NC1c1ccc(C(F)(F)F)cc1. The number of carbonyl (C=O) groups is 3. The van der Waals surface area contributed by atoms with E-state index in [0.717, 1.165) is 12.1 Å². The lowest BCUT2D eigenvalue weighted by Gasteiger charge is -2.43. The summed E-state index contributed by atoms with van der Waals surface area (Å²) >= 11 is 0. The van der Waals surface area contributed by atoms with Crippen LogP contribution >= 0.6 is 0 Å². The number of nitrogens with one attached hydrogen (secondary N) is 2. The number of amides is 4. The Hall–Kier alpha value is -3.28. The van der Waals surface area contributed by atoms with Crippen molar-refractivity contribution < 1.29 is 32.3 Å². The third kappa shape index (κ3) is 7.23. The molecule has 1 saturated heterocycles. The first-order valence-electron chi connectivity index (χ1n) is 13.1. The number of halogens is 3. The van der Waals surface area contributed by atoms with Crippen LogP contribution in [-0.2, 0) is 15.7 Å².